The molecular formula is C42H52N4O9S. The number of nitrogens with two attached hydrogens (primary N) is 1. The number of nitrogens with one attached hydrogen (secondary N) is 1. The van der Waals surface area contributed by atoms with Crippen molar-refractivity contribution in [3.63, 3.8) is 0 Å². The molecule has 14 heteroatoms. The van der Waals surface area contributed by atoms with Gasteiger partial charge in [0.1, 0.15) is 29.3 Å². The van der Waals surface area contributed by atoms with Gasteiger partial charge in [0.2, 0.25) is 5.91 Å². The molecule has 13 nitrogen and oxygen atoms in total. The minimum absolute atomic E-state index is 0.0620. The fourth-order valence-corrected chi connectivity index (χ4v) is 7.93. The van der Waals surface area contributed by atoms with E-state index >= 15 is 0 Å². The Balaban J connectivity index is 1.40. The van der Waals surface area contributed by atoms with Crippen LogP contribution in [-0.2, 0) is 29.5 Å². The number of carbonyl (C=O) groups excluding carboxylic acids is 5. The first kappa shape index (κ1) is 42.1. The molecule has 3 aromatic rings. The van der Waals surface area contributed by atoms with E-state index in [4.69, 9.17) is 24.7 Å². The molecule has 0 bridgehead atoms. The number of ether oxygens (including phenoxy) is 4. The number of anilines is 1. The summed E-state index contributed by atoms with van der Waals surface area (Å²) in [5.74, 6) is -0.932. The molecule has 2 heterocycles. The van der Waals surface area contributed by atoms with Crippen LogP contribution in [0.25, 0.3) is 0 Å². The second-order valence-corrected chi connectivity index (χ2v) is 15.2. The summed E-state index contributed by atoms with van der Waals surface area (Å²) in [5, 5.41) is 2.63. The summed E-state index contributed by atoms with van der Waals surface area (Å²) < 4.78 is 23.4. The smallest absolute Gasteiger partial charge is 0.415 e. The predicted octanol–water partition coefficient (Wildman–Crippen LogP) is 6.53. The molecule has 0 saturated carbocycles. The van der Waals surface area contributed by atoms with E-state index in [-0.39, 0.29) is 23.0 Å². The number of esters is 2. The van der Waals surface area contributed by atoms with Crippen molar-refractivity contribution < 1.29 is 42.9 Å². The molecule has 2 aliphatic heterocycles. The summed E-state index contributed by atoms with van der Waals surface area (Å²) in [6, 6.07) is 15.5. The number of carbonyl (C=O) groups is 5. The summed E-state index contributed by atoms with van der Waals surface area (Å²) in [4.78, 5) is 69.5. The fraction of sp³-hybridized carbons (Fsp3) is 0.452. The van der Waals surface area contributed by atoms with Crippen molar-refractivity contribution in [2.45, 2.75) is 82.4 Å². The van der Waals surface area contributed by atoms with Crippen LogP contribution in [0.5, 0.6) is 17.2 Å². The van der Waals surface area contributed by atoms with Gasteiger partial charge in [-0.1, -0.05) is 62.6 Å². The number of nitrogens with zero attached hydrogens (tertiary/aromatic N) is 2. The van der Waals surface area contributed by atoms with E-state index in [1.54, 1.807) is 30.3 Å². The fourth-order valence-electron chi connectivity index (χ4n) is 6.92. The molecule has 2 aliphatic rings. The Bertz CT molecular complexity index is 1920. The molecule has 0 radical (unpaired) electrons. The first-order valence-electron chi connectivity index (χ1n) is 19.1. The molecule has 1 unspecified atom stereocenters. The third kappa shape index (κ3) is 9.30. The highest BCUT2D eigenvalue weighted by atomic mass is 32.2. The van der Waals surface area contributed by atoms with Crippen molar-refractivity contribution in [1.29, 1.82) is 0 Å². The number of rotatable bonds is 18. The number of likely N-dealkylation sites (N-methyl/N-ethyl adjacent to an activating group) is 1. The first-order valence-corrected chi connectivity index (χ1v) is 20.1. The molecule has 0 saturated heterocycles. The lowest BCUT2D eigenvalue weighted by Crippen LogP contribution is -2.54. The topological polar surface area (TPSA) is 167 Å². The Kier molecular flexibility index (Phi) is 14.4. The summed E-state index contributed by atoms with van der Waals surface area (Å²) in [5.41, 5.74) is 7.47. The van der Waals surface area contributed by atoms with Crippen LogP contribution in [-0.4, -0.2) is 86.6 Å². The van der Waals surface area contributed by atoms with E-state index in [0.717, 1.165) is 54.5 Å². The molecule has 1 spiro atoms. The molecular weight excluding hydrogens is 737 g/mol. The van der Waals surface area contributed by atoms with E-state index < -0.39 is 41.6 Å². The van der Waals surface area contributed by atoms with Gasteiger partial charge in [-0.2, -0.15) is 0 Å². The van der Waals surface area contributed by atoms with Gasteiger partial charge < -0.3 is 34.9 Å². The zero-order chi connectivity index (χ0) is 40.4. The summed E-state index contributed by atoms with van der Waals surface area (Å²) in [6.45, 7) is 2.55. The molecule has 3 aromatic carbocycles. The third-order valence-electron chi connectivity index (χ3n) is 10.1. The minimum atomic E-state index is -1.32. The Hall–Kier alpha value is -5.08. The highest BCUT2D eigenvalue weighted by molar-refractivity contribution is 8.13. The van der Waals surface area contributed by atoms with Crippen molar-refractivity contribution >= 4 is 46.5 Å². The molecule has 0 aliphatic carbocycles. The standard InChI is InChI=1S/C42H52N4O9S/c1-6-7-8-9-10-18-37(47)56-26-34(38(48)44-33(40(50)52-5)17-13-14-23-43)46(4)41(51)53-28-20-22-32-36(25-28)54-35-24-27(45(2)3)19-21-31(35)42(32)30-16-12-11-15-29(30)39(49)55-42/h11-12,15-16,19-22,24-25,33-34H,6-10,13-14,17-18,23,26,43H2,1-5H3,(H,44,48)/t33-,34-,42?/m0/s1. The van der Waals surface area contributed by atoms with Gasteiger partial charge in [-0.15, -0.1) is 0 Å². The van der Waals surface area contributed by atoms with Gasteiger partial charge in [0, 0.05) is 67.8 Å². The first-order chi connectivity index (χ1) is 26.9. The number of hydrogen-bond acceptors (Lipinski definition) is 12. The molecule has 5 rings (SSSR count). The van der Waals surface area contributed by atoms with Crippen molar-refractivity contribution in [1.82, 2.24) is 10.2 Å². The van der Waals surface area contributed by atoms with Gasteiger partial charge in [-0.25, -0.2) is 14.4 Å². The van der Waals surface area contributed by atoms with Crippen molar-refractivity contribution in [3.8, 4) is 17.2 Å². The van der Waals surface area contributed by atoms with Crippen LogP contribution in [0.15, 0.2) is 60.7 Å². The SMILES string of the molecule is CCCCCCCC(=O)SC[C@@H](C(=O)N[C@@H](CCCCN)C(=O)OC)N(C)C(=O)Oc1ccc2c(c1)Oc1cc(N(C)C)ccc1C21OC(=O)c2ccccc21. The molecule has 0 fully saturated rings. The Morgan fingerprint density at radius 3 is 2.32 bits per heavy atom. The van der Waals surface area contributed by atoms with Crippen LogP contribution in [0.2, 0.25) is 0 Å². The van der Waals surface area contributed by atoms with E-state index in [1.165, 1.54) is 14.2 Å². The van der Waals surface area contributed by atoms with Gasteiger partial charge in [0.25, 0.3) is 0 Å². The van der Waals surface area contributed by atoms with Crippen molar-refractivity contribution in [2.24, 2.45) is 5.73 Å². The maximum Gasteiger partial charge on any atom is 0.415 e. The summed E-state index contributed by atoms with van der Waals surface area (Å²) in [6.07, 6.45) is 5.87. The Morgan fingerprint density at radius 1 is 0.893 bits per heavy atom. The van der Waals surface area contributed by atoms with E-state index in [1.807, 2.05) is 49.3 Å². The summed E-state index contributed by atoms with van der Waals surface area (Å²) in [7, 11) is 6.45. The lowest BCUT2D eigenvalue weighted by molar-refractivity contribution is -0.145. The van der Waals surface area contributed by atoms with Gasteiger partial charge >= 0.3 is 18.0 Å². The molecule has 0 aromatic heterocycles. The van der Waals surface area contributed by atoms with E-state index in [9.17, 15) is 24.0 Å². The average molecular weight is 789 g/mol. The molecule has 56 heavy (non-hydrogen) atoms. The second-order valence-electron chi connectivity index (χ2n) is 14.2. The minimum Gasteiger partial charge on any atom is -0.467 e. The summed E-state index contributed by atoms with van der Waals surface area (Å²) >= 11 is 0.965. The zero-order valence-electron chi connectivity index (χ0n) is 32.8. The largest absolute Gasteiger partial charge is 0.467 e. The van der Waals surface area contributed by atoms with Crippen molar-refractivity contribution in [3.05, 3.63) is 82.9 Å². The quantitative estimate of drug-likeness (QED) is 0.106. The number of hydrogen-bond donors (Lipinski definition) is 2. The van der Waals surface area contributed by atoms with Gasteiger partial charge in [-0.3, -0.25) is 14.5 Å². The van der Waals surface area contributed by atoms with Gasteiger partial charge in [-0.05, 0) is 62.6 Å². The maximum absolute atomic E-state index is 13.8. The Morgan fingerprint density at radius 2 is 1.61 bits per heavy atom. The lowest BCUT2D eigenvalue weighted by Gasteiger charge is -2.37. The number of benzene rings is 3. The highest BCUT2D eigenvalue weighted by Crippen LogP contribution is 2.57. The van der Waals surface area contributed by atoms with Crippen LogP contribution in [0, 0.1) is 0 Å². The highest BCUT2D eigenvalue weighted by Gasteiger charge is 2.53. The number of unbranched alkanes of at least 4 members (excludes halogenated alkanes) is 5. The monoisotopic (exact) mass is 788 g/mol. The lowest BCUT2D eigenvalue weighted by atomic mass is 9.77. The van der Waals surface area contributed by atoms with Gasteiger partial charge in [0.05, 0.1) is 12.7 Å². The van der Waals surface area contributed by atoms with Crippen molar-refractivity contribution in [2.75, 3.05) is 45.5 Å². The number of fused-ring (bicyclic) bond motifs is 6. The van der Waals surface area contributed by atoms with Crippen LogP contribution in [0.1, 0.15) is 91.8 Å². The van der Waals surface area contributed by atoms with Crippen LogP contribution < -0.4 is 25.4 Å². The maximum atomic E-state index is 13.8. The molecule has 2 amide bonds. The molecule has 3 N–H and O–H groups in total. The normalized spacial score (nSPS) is 16.0. The number of methoxy groups -OCH3 is 1. The Labute approximate surface area is 332 Å². The van der Waals surface area contributed by atoms with Gasteiger partial charge in [0.15, 0.2) is 10.7 Å². The average Bonchev–Trinajstić information content (AvgIpc) is 3.48. The number of amides is 2. The molecule has 3 atom stereocenters. The van der Waals surface area contributed by atoms with Crippen LogP contribution in [0.4, 0.5) is 10.5 Å². The molecule has 300 valence electrons. The second kappa shape index (κ2) is 19.2. The van der Waals surface area contributed by atoms with E-state index in [2.05, 4.69) is 12.2 Å². The van der Waals surface area contributed by atoms with Crippen LogP contribution in [0.3, 0.4) is 0 Å². The van der Waals surface area contributed by atoms with E-state index in [0.29, 0.717) is 59.6 Å². The predicted molar refractivity (Wildman–Crippen MR) is 214 cm³/mol. The third-order valence-corrected chi connectivity index (χ3v) is 11.1. The number of thioether (sulfide) groups is 1. The van der Waals surface area contributed by atoms with Crippen LogP contribution >= 0.6 is 11.8 Å². The zero-order valence-corrected chi connectivity index (χ0v) is 33.6.